The van der Waals surface area contributed by atoms with Crippen molar-refractivity contribution < 1.29 is 35.8 Å². The summed E-state index contributed by atoms with van der Waals surface area (Å²) in [6.07, 6.45) is -9.72. The Morgan fingerprint density at radius 1 is 0.444 bits per heavy atom. The van der Waals surface area contributed by atoms with Gasteiger partial charge in [0.2, 0.25) is 0 Å². The Labute approximate surface area is 309 Å². The molecule has 11 heteroatoms. The molecule has 0 unspecified atom stereocenters. The number of aromatic nitrogens is 2. The fourth-order valence-corrected chi connectivity index (χ4v) is 8.76. The second-order valence-electron chi connectivity index (χ2n) is 12.8. The smallest absolute Gasteiger partial charge is 0.406 e. The summed E-state index contributed by atoms with van der Waals surface area (Å²) < 4.78 is 85.5. The SMILES string of the molecule is FC(F)(F)Oc1ccc(-c2cc(-c3ccc4c(c3)Sc3ccccc3C43c4ccccc4-c4ccccc43)nc(-c3ccc(OC(F)(F)F)cc3)n2)cc1. The molecule has 54 heavy (non-hydrogen) atoms. The molecule has 2 aliphatic rings. The maximum atomic E-state index is 12.9. The summed E-state index contributed by atoms with van der Waals surface area (Å²) in [4.78, 5) is 11.7. The van der Waals surface area contributed by atoms with Gasteiger partial charge in [-0.1, -0.05) is 90.6 Å². The van der Waals surface area contributed by atoms with Gasteiger partial charge in [-0.3, -0.25) is 0 Å². The van der Waals surface area contributed by atoms with Gasteiger partial charge < -0.3 is 9.47 Å². The third-order valence-electron chi connectivity index (χ3n) is 9.60. The van der Waals surface area contributed by atoms with Crippen LogP contribution in [-0.4, -0.2) is 22.7 Å². The molecule has 0 fully saturated rings. The Morgan fingerprint density at radius 3 is 1.48 bits per heavy atom. The van der Waals surface area contributed by atoms with Crippen molar-refractivity contribution in [2.45, 2.75) is 27.9 Å². The van der Waals surface area contributed by atoms with Gasteiger partial charge in [0.1, 0.15) is 11.5 Å². The molecular weight excluding hydrogens is 723 g/mol. The van der Waals surface area contributed by atoms with Gasteiger partial charge >= 0.3 is 12.7 Å². The highest BCUT2D eigenvalue weighted by Crippen LogP contribution is 2.62. The average Bonchev–Trinajstić information content (AvgIpc) is 3.44. The van der Waals surface area contributed by atoms with Crippen LogP contribution in [0, 0.1) is 0 Å². The summed E-state index contributed by atoms with van der Waals surface area (Å²) in [7, 11) is 0. The summed E-state index contributed by atoms with van der Waals surface area (Å²) in [5.41, 5.74) is 8.97. The maximum Gasteiger partial charge on any atom is 0.573 e. The zero-order chi connectivity index (χ0) is 37.2. The van der Waals surface area contributed by atoms with E-state index in [1.807, 2.05) is 12.1 Å². The van der Waals surface area contributed by atoms with Gasteiger partial charge in [-0.05, 0) is 100 Å². The lowest BCUT2D eigenvalue weighted by Gasteiger charge is -2.39. The van der Waals surface area contributed by atoms with E-state index in [4.69, 9.17) is 9.97 Å². The van der Waals surface area contributed by atoms with Crippen molar-refractivity contribution >= 4 is 11.8 Å². The van der Waals surface area contributed by atoms with Crippen LogP contribution in [0.4, 0.5) is 26.3 Å². The number of rotatable bonds is 5. The fraction of sp³-hybridized carbons (Fsp3) is 0.0698. The van der Waals surface area contributed by atoms with Crippen LogP contribution in [0.5, 0.6) is 11.5 Å². The monoisotopic (exact) mass is 746 g/mol. The van der Waals surface area contributed by atoms with Crippen molar-refractivity contribution in [3.8, 4) is 56.5 Å². The zero-order valence-corrected chi connectivity index (χ0v) is 28.6. The summed E-state index contributed by atoms with van der Waals surface area (Å²) in [6.45, 7) is 0. The Bertz CT molecular complexity index is 2450. The van der Waals surface area contributed by atoms with E-state index in [-0.39, 0.29) is 5.82 Å². The molecule has 1 aliphatic heterocycles. The average molecular weight is 747 g/mol. The Balaban J connectivity index is 1.20. The number of hydrogen-bond donors (Lipinski definition) is 0. The van der Waals surface area contributed by atoms with E-state index in [0.717, 1.165) is 20.9 Å². The van der Waals surface area contributed by atoms with Crippen molar-refractivity contribution in [2.24, 2.45) is 0 Å². The van der Waals surface area contributed by atoms with Gasteiger partial charge in [0.05, 0.1) is 16.8 Å². The maximum absolute atomic E-state index is 12.9. The van der Waals surface area contributed by atoms with Gasteiger partial charge in [-0.25, -0.2) is 9.97 Å². The topological polar surface area (TPSA) is 44.2 Å². The van der Waals surface area contributed by atoms with Crippen molar-refractivity contribution in [1.29, 1.82) is 0 Å². The number of alkyl halides is 6. The van der Waals surface area contributed by atoms with Crippen molar-refractivity contribution in [3.05, 3.63) is 168 Å². The van der Waals surface area contributed by atoms with E-state index in [2.05, 4.69) is 88.3 Å². The lowest BCUT2D eigenvalue weighted by atomic mass is 9.67. The standard InChI is InChI=1S/C43H24F6N2O2S/c44-42(45,46)52-28-18-13-25(14-19-28)36-24-37(51-40(50-36)26-15-20-29(21-16-26)53-43(47,48)49)27-17-22-35-39(23-27)54-38-12-6-5-11-34(38)41(35)32-9-3-1-7-30(32)31-8-2-4-10-33(31)41/h1-24H. The van der Waals surface area contributed by atoms with Crippen molar-refractivity contribution in [1.82, 2.24) is 9.97 Å². The molecule has 1 spiro atoms. The molecule has 0 saturated heterocycles. The minimum absolute atomic E-state index is 0.197. The molecule has 0 N–H and O–H groups in total. The molecule has 0 radical (unpaired) electrons. The first-order valence-electron chi connectivity index (χ1n) is 16.7. The molecule has 7 aromatic rings. The van der Waals surface area contributed by atoms with E-state index in [9.17, 15) is 26.3 Å². The summed E-state index contributed by atoms with van der Waals surface area (Å²) in [6, 6.07) is 43.8. The fourth-order valence-electron chi connectivity index (χ4n) is 7.53. The van der Waals surface area contributed by atoms with Crippen LogP contribution in [0.3, 0.4) is 0 Å². The molecule has 0 amide bonds. The van der Waals surface area contributed by atoms with Gasteiger partial charge in [-0.15, -0.1) is 26.3 Å². The highest BCUT2D eigenvalue weighted by Gasteiger charge is 2.50. The number of hydrogen-bond acceptors (Lipinski definition) is 5. The normalized spacial score (nSPS) is 13.8. The molecule has 1 aliphatic carbocycles. The lowest BCUT2D eigenvalue weighted by Crippen LogP contribution is -2.31. The quantitative estimate of drug-likeness (QED) is 0.164. The molecule has 2 heterocycles. The Hall–Kier alpha value is -6.07. The second-order valence-corrected chi connectivity index (χ2v) is 13.8. The number of benzene rings is 6. The molecular formula is C43H24F6N2O2S. The van der Waals surface area contributed by atoms with Crippen LogP contribution in [0.1, 0.15) is 22.3 Å². The highest BCUT2D eigenvalue weighted by molar-refractivity contribution is 7.99. The molecule has 266 valence electrons. The Morgan fingerprint density at radius 2 is 0.907 bits per heavy atom. The number of halogens is 6. The van der Waals surface area contributed by atoms with Gasteiger partial charge in [-0.2, -0.15) is 0 Å². The van der Waals surface area contributed by atoms with E-state index < -0.39 is 29.6 Å². The molecule has 0 saturated carbocycles. The third kappa shape index (κ3) is 5.85. The predicted octanol–water partition coefficient (Wildman–Crippen LogP) is 12.1. The molecule has 0 atom stereocenters. The minimum atomic E-state index is -4.86. The number of ether oxygens (including phenoxy) is 2. The summed E-state index contributed by atoms with van der Waals surface area (Å²) in [5.74, 6) is -0.599. The van der Waals surface area contributed by atoms with E-state index >= 15 is 0 Å². The summed E-state index contributed by atoms with van der Waals surface area (Å²) in [5, 5.41) is 0. The Kier molecular flexibility index (Phi) is 7.82. The van der Waals surface area contributed by atoms with Gasteiger partial charge in [0.15, 0.2) is 5.82 Å². The van der Waals surface area contributed by atoms with Crippen LogP contribution < -0.4 is 9.47 Å². The van der Waals surface area contributed by atoms with E-state index in [1.165, 1.54) is 76.3 Å². The molecule has 1 aromatic heterocycles. The van der Waals surface area contributed by atoms with Crippen LogP contribution in [0.25, 0.3) is 45.0 Å². The van der Waals surface area contributed by atoms with Gasteiger partial charge in [0.25, 0.3) is 0 Å². The number of nitrogens with zero attached hydrogens (tertiary/aromatic N) is 2. The van der Waals surface area contributed by atoms with Crippen LogP contribution in [0.15, 0.2) is 155 Å². The highest BCUT2D eigenvalue weighted by atomic mass is 32.2. The first-order chi connectivity index (χ1) is 26.0. The lowest BCUT2D eigenvalue weighted by molar-refractivity contribution is -0.275. The van der Waals surface area contributed by atoms with Crippen LogP contribution in [-0.2, 0) is 5.41 Å². The molecule has 9 rings (SSSR count). The van der Waals surface area contributed by atoms with Crippen molar-refractivity contribution in [3.63, 3.8) is 0 Å². The predicted molar refractivity (Wildman–Crippen MR) is 193 cm³/mol. The van der Waals surface area contributed by atoms with E-state index in [0.29, 0.717) is 22.5 Å². The largest absolute Gasteiger partial charge is 0.573 e. The summed E-state index contributed by atoms with van der Waals surface area (Å²) >= 11 is 1.66. The van der Waals surface area contributed by atoms with E-state index in [1.54, 1.807) is 17.8 Å². The molecule has 0 bridgehead atoms. The first kappa shape index (κ1) is 33.7. The van der Waals surface area contributed by atoms with Crippen LogP contribution in [0.2, 0.25) is 0 Å². The van der Waals surface area contributed by atoms with Crippen LogP contribution >= 0.6 is 11.8 Å². The first-order valence-corrected chi connectivity index (χ1v) is 17.5. The second kappa shape index (κ2) is 12.5. The third-order valence-corrected chi connectivity index (χ3v) is 10.7. The molecule has 6 aromatic carbocycles. The van der Waals surface area contributed by atoms with Crippen molar-refractivity contribution in [2.75, 3.05) is 0 Å². The molecule has 4 nitrogen and oxygen atoms in total. The van der Waals surface area contributed by atoms with Gasteiger partial charge in [0, 0.05) is 26.5 Å². The minimum Gasteiger partial charge on any atom is -0.406 e. The zero-order valence-electron chi connectivity index (χ0n) is 27.7. The number of fused-ring (bicyclic) bond motifs is 9.